The summed E-state index contributed by atoms with van der Waals surface area (Å²) in [6.45, 7) is 16.7. The van der Waals surface area contributed by atoms with Crippen molar-refractivity contribution in [3.8, 4) is 6.07 Å². The summed E-state index contributed by atoms with van der Waals surface area (Å²) in [6, 6.07) is 2.39. The largest absolute Gasteiger partial charge is 0.468 e. The number of nitrogens with one attached hydrogen (secondary N) is 2. The fourth-order valence-corrected chi connectivity index (χ4v) is 6.64. The molecule has 2 saturated heterocycles. The van der Waals surface area contributed by atoms with Gasteiger partial charge in [0.05, 0.1) is 19.2 Å². The Balaban J connectivity index is 0. The Kier molecular flexibility index (Phi) is 15.2. The number of halogens is 1. The van der Waals surface area contributed by atoms with Crippen LogP contribution in [0.3, 0.4) is 0 Å². The Bertz CT molecular complexity index is 802. The van der Waals surface area contributed by atoms with Gasteiger partial charge in [0.2, 0.25) is 0 Å². The minimum atomic E-state index is -0.104. The normalized spacial score (nSPS) is 37.0. The third-order valence-electron chi connectivity index (χ3n) is 9.41. The minimum absolute atomic E-state index is 0. The van der Waals surface area contributed by atoms with Crippen molar-refractivity contribution in [2.24, 2.45) is 56.7 Å². The van der Waals surface area contributed by atoms with E-state index in [1.807, 2.05) is 0 Å². The molecule has 0 amide bonds. The van der Waals surface area contributed by atoms with Gasteiger partial charge in [0.1, 0.15) is 6.04 Å². The van der Waals surface area contributed by atoms with Gasteiger partial charge in [-0.1, -0.05) is 49.0 Å². The van der Waals surface area contributed by atoms with E-state index in [1.165, 1.54) is 7.11 Å². The first-order chi connectivity index (χ1) is 16.0. The number of nitriles is 1. The molecule has 10 heteroatoms. The van der Waals surface area contributed by atoms with Crippen molar-refractivity contribution in [3.05, 3.63) is 0 Å². The first kappa shape index (κ1) is 38.5. The second-order valence-corrected chi connectivity index (χ2v) is 11.8. The van der Waals surface area contributed by atoms with Crippen molar-refractivity contribution < 1.29 is 38.3 Å². The summed E-state index contributed by atoms with van der Waals surface area (Å²) in [5.74, 6) is 4.24. The van der Waals surface area contributed by atoms with E-state index >= 15 is 0 Å². The van der Waals surface area contributed by atoms with Crippen LogP contribution in [0.2, 0.25) is 0 Å². The van der Waals surface area contributed by atoms with E-state index < -0.39 is 0 Å². The zero-order valence-electron chi connectivity index (χ0n) is 23.3. The molecule has 0 spiro atoms. The van der Waals surface area contributed by atoms with Crippen LogP contribution in [0.1, 0.15) is 49.0 Å². The minimum Gasteiger partial charge on any atom is -0.468 e. The van der Waals surface area contributed by atoms with Gasteiger partial charge >= 0.3 is 5.97 Å². The summed E-state index contributed by atoms with van der Waals surface area (Å²) in [6.07, 6.45) is 2.13. The first-order valence-corrected chi connectivity index (χ1v) is 12.3. The number of hydrogen-bond donors (Lipinski definition) is 4. The van der Waals surface area contributed by atoms with Crippen LogP contribution in [0.5, 0.6) is 0 Å². The van der Waals surface area contributed by atoms with Crippen LogP contribution in [0.25, 0.3) is 0 Å². The van der Waals surface area contributed by atoms with E-state index in [0.29, 0.717) is 34.0 Å². The molecule has 4 N–H and O–H groups in total. The summed E-state index contributed by atoms with van der Waals surface area (Å²) in [5, 5.41) is 29.1. The van der Waals surface area contributed by atoms with Gasteiger partial charge in [-0.15, -0.1) is 12.4 Å². The number of esters is 1. The number of methoxy groups -OCH3 is 1. The molecule has 0 bridgehead atoms. The fourth-order valence-electron chi connectivity index (χ4n) is 6.64. The summed E-state index contributed by atoms with van der Waals surface area (Å²) < 4.78 is 4.72. The van der Waals surface area contributed by atoms with Crippen molar-refractivity contribution in [2.75, 3.05) is 41.0 Å². The Labute approximate surface area is 243 Å². The first-order valence-electron chi connectivity index (χ1n) is 12.3. The quantitative estimate of drug-likeness (QED) is 0.351. The SMILES string of the molecule is C.CC1(C)C2C=NCC21.CC1(C)C2CN[C@H](C#N)C21.CO.CO.COC(=O)[C@H]1NCC2C1C2(C)C.Cl.[V]. The van der Waals surface area contributed by atoms with E-state index in [-0.39, 0.29) is 56.4 Å². The summed E-state index contributed by atoms with van der Waals surface area (Å²) in [5.41, 5.74) is 1.41. The van der Waals surface area contributed by atoms with Gasteiger partial charge in [-0.2, -0.15) is 5.26 Å². The predicted molar refractivity (Wildman–Crippen MR) is 147 cm³/mol. The average Bonchev–Trinajstić information content (AvgIpc) is 3.47. The Morgan fingerprint density at radius 3 is 1.70 bits per heavy atom. The number of nitrogens with zero attached hydrogens (tertiary/aromatic N) is 2. The zero-order valence-corrected chi connectivity index (χ0v) is 25.5. The Hall–Kier alpha value is -0.656. The van der Waals surface area contributed by atoms with Gasteiger partial charge in [-0.25, -0.2) is 0 Å². The number of aliphatic imine (C=N–C) groups is 1. The molecule has 8 nitrogen and oxygen atoms in total. The summed E-state index contributed by atoms with van der Waals surface area (Å²) >= 11 is 0. The second kappa shape index (κ2) is 14.7. The Morgan fingerprint density at radius 2 is 1.43 bits per heavy atom. The molecule has 3 heterocycles. The molecule has 0 aromatic carbocycles. The summed E-state index contributed by atoms with van der Waals surface area (Å²) in [4.78, 5) is 15.4. The van der Waals surface area contributed by atoms with Crippen molar-refractivity contribution in [2.45, 2.75) is 61.1 Å². The van der Waals surface area contributed by atoms with Gasteiger partial charge in [-0.05, 0) is 52.4 Å². The molecule has 3 aliphatic heterocycles. The number of carbonyl (C=O) groups excluding carboxylic acids is 1. The molecule has 3 saturated carbocycles. The van der Waals surface area contributed by atoms with Gasteiger partial charge < -0.3 is 25.6 Å². The molecule has 0 aromatic rings. The van der Waals surface area contributed by atoms with E-state index in [1.54, 1.807) is 0 Å². The van der Waals surface area contributed by atoms with Crippen LogP contribution in [0, 0.1) is 63.1 Å². The number of aliphatic hydroxyl groups is 2. The van der Waals surface area contributed by atoms with Gasteiger partial charge in [0, 0.05) is 58.0 Å². The third-order valence-corrected chi connectivity index (χ3v) is 9.41. The molecule has 0 aromatic heterocycles. The van der Waals surface area contributed by atoms with Crippen LogP contribution in [0.4, 0.5) is 0 Å². The number of aliphatic hydroxyl groups excluding tert-OH is 2. The average molecular weight is 582 g/mol. The number of hydrogen-bond acceptors (Lipinski definition) is 8. The predicted octanol–water partition coefficient (Wildman–Crippen LogP) is 2.77. The van der Waals surface area contributed by atoms with Crippen LogP contribution < -0.4 is 10.6 Å². The molecular formula is C27H51ClN4O4V. The van der Waals surface area contributed by atoms with Crippen molar-refractivity contribution in [1.29, 1.82) is 5.26 Å². The molecule has 1 radical (unpaired) electrons. The number of carbonyl (C=O) groups is 1. The van der Waals surface area contributed by atoms with Crippen LogP contribution in [-0.2, 0) is 28.1 Å². The van der Waals surface area contributed by atoms with E-state index in [2.05, 4.69) is 69.5 Å². The Morgan fingerprint density at radius 1 is 0.946 bits per heavy atom. The third kappa shape index (κ3) is 7.31. The number of ether oxygens (including phenoxy) is 1. The van der Waals surface area contributed by atoms with Crippen LogP contribution in [0.15, 0.2) is 4.99 Å². The monoisotopic (exact) mass is 581 g/mol. The molecule has 37 heavy (non-hydrogen) atoms. The maximum Gasteiger partial charge on any atom is 0.323 e. The van der Waals surface area contributed by atoms with Crippen LogP contribution >= 0.6 is 12.4 Å². The molecule has 215 valence electrons. The molecule has 6 aliphatic rings. The topological polar surface area (TPSA) is 127 Å². The van der Waals surface area contributed by atoms with Gasteiger partial charge in [0.15, 0.2) is 0 Å². The number of rotatable bonds is 1. The van der Waals surface area contributed by atoms with Gasteiger partial charge in [-0.3, -0.25) is 9.79 Å². The van der Waals surface area contributed by atoms with E-state index in [4.69, 9.17) is 20.2 Å². The molecule has 8 atom stereocenters. The fraction of sp³-hybridized carbons (Fsp3) is 0.889. The molecule has 3 aliphatic carbocycles. The van der Waals surface area contributed by atoms with E-state index in [9.17, 15) is 4.79 Å². The molecular weight excluding hydrogens is 531 g/mol. The zero-order chi connectivity index (χ0) is 26.1. The maximum atomic E-state index is 11.3. The van der Waals surface area contributed by atoms with Gasteiger partial charge in [0.25, 0.3) is 0 Å². The van der Waals surface area contributed by atoms with Crippen LogP contribution in [-0.4, -0.2) is 75.4 Å². The molecule has 6 rings (SSSR count). The van der Waals surface area contributed by atoms with Crippen molar-refractivity contribution >= 4 is 24.6 Å². The van der Waals surface area contributed by atoms with Crippen molar-refractivity contribution in [1.82, 2.24) is 10.6 Å². The number of piperidine rings is 2. The summed E-state index contributed by atoms with van der Waals surface area (Å²) in [7, 11) is 3.45. The molecule has 6 unspecified atom stereocenters. The van der Waals surface area contributed by atoms with Crippen molar-refractivity contribution in [3.63, 3.8) is 0 Å². The standard InChI is InChI=1S/C9H15NO2.C8H12N2.C7H11N.2CH4O.CH4.ClH.V/c1-9(2)5-4-10-7(6(5)9)8(11)12-3;1-8(2)5-4-10-6(3-9)7(5)8;1-7(2)5-3-8-4-6(5)7;2*1-2;;;/h5-7,10H,4H2,1-3H3;5-7,10H,4H2,1-2H3;3,5-6H,4H2,1-2H3;2*2H,1H3;1H4;1H;/t5?,6?,7-;5?,6-,7?;;;;;;/m01....../s1. The smallest absolute Gasteiger partial charge is 0.323 e. The maximum absolute atomic E-state index is 11.3. The second-order valence-electron chi connectivity index (χ2n) is 11.8. The molecule has 5 fully saturated rings. The van der Waals surface area contributed by atoms with E-state index in [0.717, 1.165) is 51.6 Å². The number of fused-ring (bicyclic) bond motifs is 3.